The van der Waals surface area contributed by atoms with Crippen molar-refractivity contribution in [3.63, 3.8) is 0 Å². The highest BCUT2D eigenvalue weighted by atomic mass is 16.3. The Morgan fingerprint density at radius 2 is 2.00 bits per heavy atom. The Balaban J connectivity index is 1.86. The van der Waals surface area contributed by atoms with Crippen LogP contribution in [0.3, 0.4) is 0 Å². The van der Waals surface area contributed by atoms with E-state index in [0.717, 1.165) is 19.4 Å². The second-order valence-corrected chi connectivity index (χ2v) is 6.13. The van der Waals surface area contributed by atoms with E-state index in [1.807, 2.05) is 11.8 Å². The smallest absolute Gasteiger partial charge is 0.222 e. The Kier molecular flexibility index (Phi) is 4.81. The van der Waals surface area contributed by atoms with Gasteiger partial charge in [0.1, 0.15) is 0 Å². The maximum absolute atomic E-state index is 12.2. The third-order valence-electron chi connectivity index (χ3n) is 4.17. The second-order valence-electron chi connectivity index (χ2n) is 6.13. The van der Waals surface area contributed by atoms with Crippen molar-refractivity contribution in [1.82, 2.24) is 4.90 Å². The minimum absolute atomic E-state index is 0.215. The molecule has 3 heteroatoms. The van der Waals surface area contributed by atoms with Crippen molar-refractivity contribution in [3.8, 4) is 0 Å². The topological polar surface area (TPSA) is 40.5 Å². The molecule has 2 rings (SSSR count). The molecule has 1 N–H and O–H groups in total. The van der Waals surface area contributed by atoms with Crippen LogP contribution in [0.25, 0.3) is 0 Å². The predicted molar refractivity (Wildman–Crippen MR) is 80.6 cm³/mol. The molecule has 1 aromatic carbocycles. The minimum Gasteiger partial charge on any atom is -0.393 e. The van der Waals surface area contributed by atoms with Crippen LogP contribution >= 0.6 is 0 Å². The Morgan fingerprint density at radius 3 is 2.55 bits per heavy atom. The molecule has 1 aliphatic heterocycles. The fourth-order valence-corrected chi connectivity index (χ4v) is 3.03. The summed E-state index contributed by atoms with van der Waals surface area (Å²) in [7, 11) is 0. The molecule has 1 aromatic rings. The van der Waals surface area contributed by atoms with Crippen LogP contribution in [0.1, 0.15) is 36.5 Å². The SMILES string of the molecule is Cc1cc(C)cc(CCC(=O)N2CCC(C(C)O)C2)c1. The van der Waals surface area contributed by atoms with Gasteiger partial charge in [-0.25, -0.2) is 0 Å². The molecule has 0 radical (unpaired) electrons. The highest BCUT2D eigenvalue weighted by molar-refractivity contribution is 5.76. The molecule has 2 unspecified atom stereocenters. The van der Waals surface area contributed by atoms with Gasteiger partial charge in [-0.2, -0.15) is 0 Å². The lowest BCUT2D eigenvalue weighted by Crippen LogP contribution is -2.30. The number of aliphatic hydroxyl groups excluding tert-OH is 1. The summed E-state index contributed by atoms with van der Waals surface area (Å²) in [6.45, 7) is 7.50. The van der Waals surface area contributed by atoms with Gasteiger partial charge in [0, 0.05) is 25.4 Å². The first kappa shape index (κ1) is 15.0. The molecule has 20 heavy (non-hydrogen) atoms. The summed E-state index contributed by atoms with van der Waals surface area (Å²) >= 11 is 0. The van der Waals surface area contributed by atoms with Gasteiger partial charge in [-0.1, -0.05) is 29.3 Å². The van der Waals surface area contributed by atoms with E-state index in [0.29, 0.717) is 13.0 Å². The fourth-order valence-electron chi connectivity index (χ4n) is 3.03. The lowest BCUT2D eigenvalue weighted by Gasteiger charge is -2.17. The third-order valence-corrected chi connectivity index (χ3v) is 4.17. The highest BCUT2D eigenvalue weighted by Gasteiger charge is 2.28. The maximum Gasteiger partial charge on any atom is 0.222 e. The highest BCUT2D eigenvalue weighted by Crippen LogP contribution is 2.21. The van der Waals surface area contributed by atoms with Crippen LogP contribution < -0.4 is 0 Å². The summed E-state index contributed by atoms with van der Waals surface area (Å²) in [5, 5.41) is 9.58. The van der Waals surface area contributed by atoms with Gasteiger partial charge in [-0.05, 0) is 39.2 Å². The lowest BCUT2D eigenvalue weighted by atomic mass is 10.0. The number of likely N-dealkylation sites (tertiary alicyclic amines) is 1. The zero-order chi connectivity index (χ0) is 14.7. The van der Waals surface area contributed by atoms with Crippen LogP contribution in [0.5, 0.6) is 0 Å². The lowest BCUT2D eigenvalue weighted by molar-refractivity contribution is -0.130. The Bertz CT molecular complexity index is 462. The van der Waals surface area contributed by atoms with E-state index in [-0.39, 0.29) is 17.9 Å². The molecular weight excluding hydrogens is 250 g/mol. The van der Waals surface area contributed by atoms with Crippen LogP contribution in [0.2, 0.25) is 0 Å². The van der Waals surface area contributed by atoms with Gasteiger partial charge in [0.05, 0.1) is 6.10 Å². The number of benzene rings is 1. The van der Waals surface area contributed by atoms with Crippen molar-refractivity contribution in [2.75, 3.05) is 13.1 Å². The van der Waals surface area contributed by atoms with Gasteiger partial charge in [-0.3, -0.25) is 4.79 Å². The normalized spacial score (nSPS) is 20.2. The summed E-state index contributed by atoms with van der Waals surface area (Å²) in [5.41, 5.74) is 3.74. The van der Waals surface area contributed by atoms with E-state index in [4.69, 9.17) is 0 Å². The predicted octanol–water partition coefficient (Wildman–Crippen LogP) is 2.47. The average molecular weight is 275 g/mol. The van der Waals surface area contributed by atoms with Crippen molar-refractivity contribution in [1.29, 1.82) is 0 Å². The van der Waals surface area contributed by atoms with Crippen LogP contribution in [0, 0.1) is 19.8 Å². The number of amides is 1. The van der Waals surface area contributed by atoms with Crippen molar-refractivity contribution in [2.24, 2.45) is 5.92 Å². The minimum atomic E-state index is -0.313. The molecule has 0 bridgehead atoms. The summed E-state index contributed by atoms with van der Waals surface area (Å²) in [6, 6.07) is 6.46. The first-order chi connectivity index (χ1) is 9.45. The van der Waals surface area contributed by atoms with Crippen LogP contribution in [0.4, 0.5) is 0 Å². The largest absolute Gasteiger partial charge is 0.393 e. The molecule has 1 saturated heterocycles. The van der Waals surface area contributed by atoms with Crippen molar-refractivity contribution >= 4 is 5.91 Å². The van der Waals surface area contributed by atoms with Crippen molar-refractivity contribution < 1.29 is 9.90 Å². The van der Waals surface area contributed by atoms with E-state index >= 15 is 0 Å². The van der Waals surface area contributed by atoms with Gasteiger partial charge in [-0.15, -0.1) is 0 Å². The molecule has 0 saturated carbocycles. The molecule has 0 aliphatic carbocycles. The standard InChI is InChI=1S/C17H25NO2/c1-12-8-13(2)10-15(9-12)4-5-17(20)18-7-6-16(11-18)14(3)19/h8-10,14,16,19H,4-7,11H2,1-3H3. The summed E-state index contributed by atoms with van der Waals surface area (Å²) in [4.78, 5) is 14.1. The van der Waals surface area contributed by atoms with Gasteiger partial charge in [0.2, 0.25) is 5.91 Å². The maximum atomic E-state index is 12.2. The number of hydrogen-bond donors (Lipinski definition) is 1. The van der Waals surface area contributed by atoms with Gasteiger partial charge >= 0.3 is 0 Å². The number of carbonyl (C=O) groups is 1. The zero-order valence-electron chi connectivity index (χ0n) is 12.7. The Morgan fingerprint density at radius 1 is 1.35 bits per heavy atom. The van der Waals surface area contributed by atoms with Crippen LogP contribution in [-0.4, -0.2) is 35.1 Å². The zero-order valence-corrected chi connectivity index (χ0v) is 12.7. The van der Waals surface area contributed by atoms with Gasteiger partial charge < -0.3 is 10.0 Å². The molecule has 1 heterocycles. The van der Waals surface area contributed by atoms with E-state index in [2.05, 4.69) is 32.0 Å². The second kappa shape index (κ2) is 6.40. The molecule has 1 aliphatic rings. The van der Waals surface area contributed by atoms with E-state index in [9.17, 15) is 9.90 Å². The molecule has 1 fully saturated rings. The molecule has 3 nitrogen and oxygen atoms in total. The number of rotatable bonds is 4. The average Bonchev–Trinajstić information content (AvgIpc) is 2.84. The molecular formula is C17H25NO2. The monoisotopic (exact) mass is 275 g/mol. The fraction of sp³-hybridized carbons (Fsp3) is 0.588. The van der Waals surface area contributed by atoms with E-state index in [1.165, 1.54) is 16.7 Å². The first-order valence-corrected chi connectivity index (χ1v) is 7.48. The quantitative estimate of drug-likeness (QED) is 0.917. The summed E-state index contributed by atoms with van der Waals surface area (Å²) in [5.74, 6) is 0.465. The number of aryl methyl sites for hydroxylation is 3. The molecule has 0 spiro atoms. The van der Waals surface area contributed by atoms with Crippen molar-refractivity contribution in [3.05, 3.63) is 34.9 Å². The van der Waals surface area contributed by atoms with Crippen molar-refractivity contribution in [2.45, 2.75) is 46.1 Å². The molecule has 110 valence electrons. The first-order valence-electron chi connectivity index (χ1n) is 7.48. The molecule has 0 aromatic heterocycles. The van der Waals surface area contributed by atoms with E-state index < -0.39 is 0 Å². The number of carbonyl (C=O) groups excluding carboxylic acids is 1. The number of nitrogens with zero attached hydrogens (tertiary/aromatic N) is 1. The summed E-state index contributed by atoms with van der Waals surface area (Å²) < 4.78 is 0. The van der Waals surface area contributed by atoms with Crippen LogP contribution in [0.15, 0.2) is 18.2 Å². The third kappa shape index (κ3) is 3.83. The number of hydrogen-bond acceptors (Lipinski definition) is 2. The van der Waals surface area contributed by atoms with E-state index in [1.54, 1.807) is 0 Å². The Hall–Kier alpha value is -1.35. The Labute approximate surface area is 121 Å². The molecule has 2 atom stereocenters. The van der Waals surface area contributed by atoms with Crippen LogP contribution in [-0.2, 0) is 11.2 Å². The summed E-state index contributed by atoms with van der Waals surface area (Å²) in [6.07, 6.45) is 1.98. The van der Waals surface area contributed by atoms with Gasteiger partial charge in [0.15, 0.2) is 0 Å². The number of aliphatic hydroxyl groups is 1. The van der Waals surface area contributed by atoms with Gasteiger partial charge in [0.25, 0.3) is 0 Å². The molecule has 1 amide bonds.